The largest absolute Gasteiger partial charge is 0.388 e. The number of aliphatic hydroxyl groups is 3. The second-order valence-electron chi connectivity index (χ2n) is 6.80. The van der Waals surface area contributed by atoms with Gasteiger partial charge >= 0.3 is 5.97 Å². The molecule has 2 aliphatic heterocycles. The molecule has 12 heteroatoms. The van der Waals surface area contributed by atoms with E-state index in [1.165, 1.54) is 6.92 Å². The van der Waals surface area contributed by atoms with Crippen molar-refractivity contribution in [3.05, 3.63) is 0 Å². The predicted octanol–water partition coefficient (Wildman–Crippen LogP) is -2.28. The Morgan fingerprint density at radius 2 is 1.76 bits per heavy atom. The van der Waals surface area contributed by atoms with Crippen LogP contribution in [0, 0.1) is 0 Å². The Hall–Kier alpha value is -2.12. The fourth-order valence-corrected chi connectivity index (χ4v) is 2.80. The summed E-state index contributed by atoms with van der Waals surface area (Å²) >= 11 is 0. The third-order valence-electron chi connectivity index (χ3n) is 4.50. The van der Waals surface area contributed by atoms with Gasteiger partial charge in [0.05, 0.1) is 12.7 Å². The van der Waals surface area contributed by atoms with Gasteiger partial charge in [0.15, 0.2) is 6.29 Å². The van der Waals surface area contributed by atoms with Crippen LogP contribution in [0.25, 0.3) is 0 Å². The third kappa shape index (κ3) is 6.44. The van der Waals surface area contributed by atoms with E-state index in [1.54, 1.807) is 0 Å². The minimum Gasteiger partial charge on any atom is -0.388 e. The van der Waals surface area contributed by atoms with Crippen LogP contribution in [-0.4, -0.2) is 87.9 Å². The van der Waals surface area contributed by atoms with Crippen LogP contribution >= 0.6 is 0 Å². The molecule has 4 N–H and O–H groups in total. The average molecular weight is 418 g/mol. The highest BCUT2D eigenvalue weighted by Crippen LogP contribution is 2.21. The summed E-state index contributed by atoms with van der Waals surface area (Å²) in [6, 6.07) is 0. The molecular formula is C17H26N2O10. The number of carbonyl (C=O) groups excluding carboxylic acids is 4. The topological polar surface area (TPSA) is 172 Å². The molecule has 0 unspecified atom stereocenters. The summed E-state index contributed by atoms with van der Waals surface area (Å²) in [5, 5.41) is 32.1. The van der Waals surface area contributed by atoms with Crippen molar-refractivity contribution in [2.24, 2.45) is 0 Å². The third-order valence-corrected chi connectivity index (χ3v) is 4.50. The molecular weight excluding hydrogens is 392 g/mol. The maximum atomic E-state index is 11.7. The minimum absolute atomic E-state index is 0.00970. The fourth-order valence-electron chi connectivity index (χ4n) is 2.80. The summed E-state index contributed by atoms with van der Waals surface area (Å²) in [7, 11) is 0. The quantitative estimate of drug-likeness (QED) is 0.236. The van der Waals surface area contributed by atoms with E-state index in [4.69, 9.17) is 9.47 Å². The van der Waals surface area contributed by atoms with Gasteiger partial charge in [-0.15, -0.1) is 5.06 Å². The van der Waals surface area contributed by atoms with Gasteiger partial charge in [0, 0.05) is 32.2 Å². The lowest BCUT2D eigenvalue weighted by molar-refractivity contribution is -0.292. The van der Waals surface area contributed by atoms with E-state index in [1.807, 2.05) is 0 Å². The van der Waals surface area contributed by atoms with E-state index in [-0.39, 0.29) is 51.2 Å². The SMILES string of the molecule is C[C@@H]1O[C@@H](OCCNC(=O)CCCC(=O)ON2C(=O)CCC2=O)[C@@H](O)[C@H](O)[C@@H]1O. The lowest BCUT2D eigenvalue weighted by Crippen LogP contribution is -2.57. The van der Waals surface area contributed by atoms with Crippen molar-refractivity contribution in [2.75, 3.05) is 13.2 Å². The molecule has 0 aromatic heterocycles. The fraction of sp³-hybridized carbons (Fsp3) is 0.765. The van der Waals surface area contributed by atoms with Crippen molar-refractivity contribution in [3.63, 3.8) is 0 Å². The van der Waals surface area contributed by atoms with Crippen molar-refractivity contribution in [3.8, 4) is 0 Å². The van der Waals surface area contributed by atoms with Gasteiger partial charge in [-0.1, -0.05) is 0 Å². The minimum atomic E-state index is -1.42. The number of ether oxygens (including phenoxy) is 2. The van der Waals surface area contributed by atoms with Crippen LogP contribution in [0.2, 0.25) is 0 Å². The molecule has 12 nitrogen and oxygen atoms in total. The normalized spacial score (nSPS) is 29.8. The molecule has 0 saturated carbocycles. The van der Waals surface area contributed by atoms with Gasteiger partial charge in [0.1, 0.15) is 18.3 Å². The number of amides is 3. The number of hydrogen-bond donors (Lipinski definition) is 4. The van der Waals surface area contributed by atoms with E-state index >= 15 is 0 Å². The Labute approximate surface area is 166 Å². The molecule has 0 aromatic rings. The first-order chi connectivity index (χ1) is 13.7. The molecule has 29 heavy (non-hydrogen) atoms. The Morgan fingerprint density at radius 1 is 1.10 bits per heavy atom. The predicted molar refractivity (Wildman–Crippen MR) is 92.3 cm³/mol. The Kier molecular flexibility index (Phi) is 8.46. The zero-order valence-electron chi connectivity index (χ0n) is 16.0. The maximum absolute atomic E-state index is 11.7. The Balaban J connectivity index is 1.56. The van der Waals surface area contributed by atoms with E-state index in [0.29, 0.717) is 5.06 Å². The lowest BCUT2D eigenvalue weighted by Gasteiger charge is -2.38. The summed E-state index contributed by atoms with van der Waals surface area (Å²) in [5.74, 6) is -2.26. The summed E-state index contributed by atoms with van der Waals surface area (Å²) in [5.41, 5.74) is 0. The first-order valence-corrected chi connectivity index (χ1v) is 9.35. The van der Waals surface area contributed by atoms with Gasteiger partial charge in [-0.2, -0.15) is 0 Å². The molecule has 164 valence electrons. The van der Waals surface area contributed by atoms with Crippen LogP contribution in [0.4, 0.5) is 0 Å². The maximum Gasteiger partial charge on any atom is 0.333 e. The number of imide groups is 1. The van der Waals surface area contributed by atoms with E-state index < -0.39 is 48.5 Å². The number of rotatable bonds is 9. The molecule has 5 atom stereocenters. The first kappa shape index (κ1) is 23.2. The molecule has 2 heterocycles. The van der Waals surface area contributed by atoms with Crippen molar-refractivity contribution in [1.82, 2.24) is 10.4 Å². The van der Waals surface area contributed by atoms with E-state index in [9.17, 15) is 34.5 Å². The number of carbonyl (C=O) groups is 4. The first-order valence-electron chi connectivity index (χ1n) is 9.35. The second-order valence-corrected chi connectivity index (χ2v) is 6.80. The molecule has 0 aliphatic carbocycles. The highest BCUT2D eigenvalue weighted by Gasteiger charge is 2.42. The zero-order chi connectivity index (χ0) is 21.6. The molecule has 0 radical (unpaired) electrons. The summed E-state index contributed by atoms with van der Waals surface area (Å²) in [4.78, 5) is 50.7. The highest BCUT2D eigenvalue weighted by molar-refractivity contribution is 6.01. The molecule has 0 bridgehead atoms. The van der Waals surface area contributed by atoms with Crippen LogP contribution in [0.3, 0.4) is 0 Å². The number of aliphatic hydroxyl groups excluding tert-OH is 3. The van der Waals surface area contributed by atoms with Gasteiger partial charge in [0.2, 0.25) is 5.91 Å². The van der Waals surface area contributed by atoms with Crippen molar-refractivity contribution < 1.29 is 48.8 Å². The molecule has 2 fully saturated rings. The standard InChI is InChI=1S/C17H26N2O10/c1-9-14(24)15(25)16(26)17(28-9)27-8-7-18-10(20)3-2-4-13(23)29-19-11(21)5-6-12(19)22/h9,14-17,24-26H,2-8H2,1H3,(H,18,20)/t9-,14+,15+,16-,17+/m0/s1. The van der Waals surface area contributed by atoms with E-state index in [0.717, 1.165) is 0 Å². The van der Waals surface area contributed by atoms with Crippen LogP contribution in [0.5, 0.6) is 0 Å². The Bertz CT molecular complexity index is 611. The van der Waals surface area contributed by atoms with Gasteiger partial charge in [-0.25, -0.2) is 4.79 Å². The Morgan fingerprint density at radius 3 is 2.41 bits per heavy atom. The molecule has 0 spiro atoms. The molecule has 2 rings (SSSR count). The van der Waals surface area contributed by atoms with Gasteiger partial charge in [-0.3, -0.25) is 14.4 Å². The summed E-state index contributed by atoms with van der Waals surface area (Å²) in [6.07, 6.45) is -5.84. The molecule has 2 saturated heterocycles. The van der Waals surface area contributed by atoms with Crippen molar-refractivity contribution in [2.45, 2.75) is 69.7 Å². The van der Waals surface area contributed by atoms with Crippen molar-refractivity contribution in [1.29, 1.82) is 0 Å². The summed E-state index contributed by atoms with van der Waals surface area (Å²) < 4.78 is 10.5. The highest BCUT2D eigenvalue weighted by atomic mass is 16.7. The zero-order valence-corrected chi connectivity index (χ0v) is 16.0. The molecule has 2 aliphatic rings. The van der Waals surface area contributed by atoms with E-state index in [2.05, 4.69) is 10.2 Å². The lowest BCUT2D eigenvalue weighted by atomic mass is 10.0. The van der Waals surface area contributed by atoms with Crippen LogP contribution < -0.4 is 5.32 Å². The molecule has 0 aromatic carbocycles. The average Bonchev–Trinajstić information content (AvgIpc) is 2.99. The monoisotopic (exact) mass is 418 g/mol. The van der Waals surface area contributed by atoms with Gasteiger partial charge in [-0.05, 0) is 13.3 Å². The molecule has 3 amide bonds. The van der Waals surface area contributed by atoms with Gasteiger partial charge in [0.25, 0.3) is 11.8 Å². The smallest absolute Gasteiger partial charge is 0.333 e. The number of nitrogens with zero attached hydrogens (tertiary/aromatic N) is 1. The van der Waals surface area contributed by atoms with Crippen LogP contribution in [-0.2, 0) is 33.5 Å². The number of nitrogens with one attached hydrogen (secondary N) is 1. The second kappa shape index (κ2) is 10.6. The number of hydrogen-bond acceptors (Lipinski definition) is 10. The number of hydroxylamine groups is 2. The van der Waals surface area contributed by atoms with Gasteiger partial charge < -0.3 is 34.9 Å². The van der Waals surface area contributed by atoms with Crippen LogP contribution in [0.1, 0.15) is 39.0 Å². The van der Waals surface area contributed by atoms with Crippen molar-refractivity contribution >= 4 is 23.7 Å². The van der Waals surface area contributed by atoms with Crippen LogP contribution in [0.15, 0.2) is 0 Å². The summed E-state index contributed by atoms with van der Waals surface area (Å²) in [6.45, 7) is 1.61.